The summed E-state index contributed by atoms with van der Waals surface area (Å²) in [6.45, 7) is 6.16. The fraction of sp³-hybridized carbons (Fsp3) is 0.526. The van der Waals surface area contributed by atoms with Crippen LogP contribution in [0.2, 0.25) is 0 Å². The molecule has 1 aromatic rings. The second-order valence-electron chi connectivity index (χ2n) is 7.23. The molecular weight excluding hydrogens is 318 g/mol. The fourth-order valence-electron chi connectivity index (χ4n) is 3.66. The number of hydrogen-bond donors (Lipinski definition) is 1. The first-order valence-electron chi connectivity index (χ1n) is 8.88. The van der Waals surface area contributed by atoms with Gasteiger partial charge in [0.25, 0.3) is 0 Å². The summed E-state index contributed by atoms with van der Waals surface area (Å²) < 4.78 is 0. The molecule has 6 heteroatoms. The molecule has 1 aromatic carbocycles. The van der Waals surface area contributed by atoms with Crippen molar-refractivity contribution >= 4 is 17.7 Å². The van der Waals surface area contributed by atoms with E-state index in [0.717, 1.165) is 5.56 Å². The van der Waals surface area contributed by atoms with Crippen LogP contribution in [-0.4, -0.2) is 53.7 Å². The Labute approximate surface area is 148 Å². The summed E-state index contributed by atoms with van der Waals surface area (Å²) in [5.41, 5.74) is 0.802. The molecule has 134 valence electrons. The van der Waals surface area contributed by atoms with E-state index in [2.05, 4.69) is 19.2 Å². The van der Waals surface area contributed by atoms with Crippen molar-refractivity contribution in [1.82, 2.24) is 15.1 Å². The Hall–Kier alpha value is -2.37. The molecule has 3 amide bonds. The fourth-order valence-corrected chi connectivity index (χ4v) is 3.66. The van der Waals surface area contributed by atoms with Crippen molar-refractivity contribution in [3.63, 3.8) is 0 Å². The largest absolute Gasteiger partial charge is 0.352 e. The Morgan fingerprint density at radius 1 is 1.24 bits per heavy atom. The Balaban J connectivity index is 1.78. The molecule has 3 rings (SSSR count). The van der Waals surface area contributed by atoms with Crippen molar-refractivity contribution in [2.45, 2.75) is 26.3 Å². The molecule has 2 atom stereocenters. The number of rotatable bonds is 4. The number of nitrogens with zero attached hydrogens (tertiary/aromatic N) is 2. The maximum Gasteiger partial charge on any atom is 0.247 e. The average molecular weight is 343 g/mol. The maximum atomic E-state index is 13.1. The lowest BCUT2D eigenvalue weighted by Crippen LogP contribution is -2.53. The number of piperazine rings is 1. The zero-order valence-electron chi connectivity index (χ0n) is 14.8. The summed E-state index contributed by atoms with van der Waals surface area (Å²) in [6.07, 6.45) is 0.241. The highest BCUT2D eigenvalue weighted by atomic mass is 16.2. The predicted octanol–water partition coefficient (Wildman–Crippen LogP) is 1.19. The van der Waals surface area contributed by atoms with Gasteiger partial charge in [0.15, 0.2) is 0 Å². The van der Waals surface area contributed by atoms with Gasteiger partial charge in [0.2, 0.25) is 17.7 Å². The SMILES string of the molecule is CC(C)CN1C[C@@H](C(=O)N2CCNC(=O)[C@@H]2c2ccccc2)CC1=O. The first-order chi connectivity index (χ1) is 12.0. The molecule has 0 aromatic heterocycles. The summed E-state index contributed by atoms with van der Waals surface area (Å²) in [7, 11) is 0. The third-order valence-electron chi connectivity index (χ3n) is 4.76. The van der Waals surface area contributed by atoms with Crippen LogP contribution in [0.5, 0.6) is 0 Å². The van der Waals surface area contributed by atoms with Crippen molar-refractivity contribution in [2.75, 3.05) is 26.2 Å². The molecule has 0 saturated carbocycles. The average Bonchev–Trinajstić information content (AvgIpc) is 2.95. The molecular formula is C19H25N3O3. The second kappa shape index (κ2) is 7.25. The number of benzene rings is 1. The molecule has 0 bridgehead atoms. The van der Waals surface area contributed by atoms with Crippen LogP contribution in [0.3, 0.4) is 0 Å². The van der Waals surface area contributed by atoms with Crippen molar-refractivity contribution in [2.24, 2.45) is 11.8 Å². The number of hydrogen-bond acceptors (Lipinski definition) is 3. The van der Waals surface area contributed by atoms with Crippen LogP contribution in [-0.2, 0) is 14.4 Å². The lowest BCUT2D eigenvalue weighted by Gasteiger charge is -2.36. The van der Waals surface area contributed by atoms with E-state index in [9.17, 15) is 14.4 Å². The van der Waals surface area contributed by atoms with Crippen LogP contribution >= 0.6 is 0 Å². The zero-order chi connectivity index (χ0) is 18.0. The smallest absolute Gasteiger partial charge is 0.247 e. The molecule has 2 fully saturated rings. The highest BCUT2D eigenvalue weighted by molar-refractivity contribution is 5.93. The van der Waals surface area contributed by atoms with Crippen LogP contribution in [0.25, 0.3) is 0 Å². The molecule has 2 saturated heterocycles. The van der Waals surface area contributed by atoms with Gasteiger partial charge in [-0.25, -0.2) is 0 Å². The first kappa shape index (κ1) is 17.5. The predicted molar refractivity (Wildman–Crippen MR) is 93.4 cm³/mol. The minimum absolute atomic E-state index is 0.0322. The number of carbonyl (C=O) groups is 3. The third kappa shape index (κ3) is 3.67. The lowest BCUT2D eigenvalue weighted by molar-refractivity contribution is -0.146. The van der Waals surface area contributed by atoms with Crippen LogP contribution in [0, 0.1) is 11.8 Å². The molecule has 0 aliphatic carbocycles. The molecule has 1 N–H and O–H groups in total. The van der Waals surface area contributed by atoms with E-state index < -0.39 is 6.04 Å². The van der Waals surface area contributed by atoms with E-state index in [1.165, 1.54) is 0 Å². The highest BCUT2D eigenvalue weighted by Crippen LogP contribution is 2.28. The van der Waals surface area contributed by atoms with Crippen LogP contribution < -0.4 is 5.32 Å². The van der Waals surface area contributed by atoms with E-state index >= 15 is 0 Å². The van der Waals surface area contributed by atoms with Gasteiger partial charge in [0.05, 0.1) is 5.92 Å². The molecule has 2 aliphatic heterocycles. The minimum atomic E-state index is -0.614. The first-order valence-corrected chi connectivity index (χ1v) is 8.88. The molecule has 25 heavy (non-hydrogen) atoms. The van der Waals surface area contributed by atoms with Crippen molar-refractivity contribution in [3.8, 4) is 0 Å². The van der Waals surface area contributed by atoms with Gasteiger partial charge in [-0.05, 0) is 11.5 Å². The molecule has 0 radical (unpaired) electrons. The van der Waals surface area contributed by atoms with Gasteiger partial charge in [-0.15, -0.1) is 0 Å². The van der Waals surface area contributed by atoms with Crippen LogP contribution in [0.4, 0.5) is 0 Å². The number of nitrogens with one attached hydrogen (secondary N) is 1. The van der Waals surface area contributed by atoms with Gasteiger partial charge in [0, 0.05) is 32.6 Å². The molecule has 0 unspecified atom stereocenters. The van der Waals surface area contributed by atoms with E-state index in [4.69, 9.17) is 0 Å². The van der Waals surface area contributed by atoms with Gasteiger partial charge in [-0.2, -0.15) is 0 Å². The summed E-state index contributed by atoms with van der Waals surface area (Å²) in [6, 6.07) is 8.72. The summed E-state index contributed by atoms with van der Waals surface area (Å²) in [4.78, 5) is 41.1. The molecule has 2 heterocycles. The molecule has 2 aliphatic rings. The van der Waals surface area contributed by atoms with Gasteiger partial charge in [-0.1, -0.05) is 44.2 Å². The number of amides is 3. The van der Waals surface area contributed by atoms with Crippen LogP contribution in [0.1, 0.15) is 31.9 Å². The Kier molecular flexibility index (Phi) is 5.06. The second-order valence-corrected chi connectivity index (χ2v) is 7.23. The van der Waals surface area contributed by atoms with E-state index in [0.29, 0.717) is 32.1 Å². The van der Waals surface area contributed by atoms with Crippen LogP contribution in [0.15, 0.2) is 30.3 Å². The van der Waals surface area contributed by atoms with Gasteiger partial charge in [-0.3, -0.25) is 14.4 Å². The standard InChI is InChI=1S/C19H25N3O3/c1-13(2)11-21-12-15(10-16(21)23)19(25)22-9-8-20-18(24)17(22)14-6-4-3-5-7-14/h3-7,13,15,17H,8-12H2,1-2H3,(H,20,24)/t15-,17-/m0/s1. The van der Waals surface area contributed by atoms with Crippen molar-refractivity contribution < 1.29 is 14.4 Å². The zero-order valence-corrected chi connectivity index (χ0v) is 14.8. The third-order valence-corrected chi connectivity index (χ3v) is 4.76. The highest BCUT2D eigenvalue weighted by Gasteiger charge is 2.41. The molecule has 0 spiro atoms. The number of likely N-dealkylation sites (tertiary alicyclic amines) is 1. The minimum Gasteiger partial charge on any atom is -0.352 e. The van der Waals surface area contributed by atoms with E-state index in [1.807, 2.05) is 30.3 Å². The van der Waals surface area contributed by atoms with Gasteiger partial charge >= 0.3 is 0 Å². The maximum absolute atomic E-state index is 13.1. The summed E-state index contributed by atoms with van der Waals surface area (Å²) >= 11 is 0. The normalized spacial score (nSPS) is 24.0. The van der Waals surface area contributed by atoms with Crippen molar-refractivity contribution in [3.05, 3.63) is 35.9 Å². The number of carbonyl (C=O) groups excluding carboxylic acids is 3. The van der Waals surface area contributed by atoms with Crippen molar-refractivity contribution in [1.29, 1.82) is 0 Å². The molecule has 6 nitrogen and oxygen atoms in total. The van der Waals surface area contributed by atoms with Gasteiger partial charge < -0.3 is 15.1 Å². The Morgan fingerprint density at radius 3 is 2.64 bits per heavy atom. The van der Waals surface area contributed by atoms with E-state index in [-0.39, 0.29) is 30.1 Å². The van der Waals surface area contributed by atoms with E-state index in [1.54, 1.807) is 9.80 Å². The quantitative estimate of drug-likeness (QED) is 0.893. The lowest BCUT2D eigenvalue weighted by atomic mass is 9.99. The Morgan fingerprint density at radius 2 is 1.96 bits per heavy atom. The summed E-state index contributed by atoms with van der Waals surface area (Å²) in [5, 5.41) is 2.84. The monoisotopic (exact) mass is 343 g/mol. The summed E-state index contributed by atoms with van der Waals surface area (Å²) in [5.74, 6) is -0.207. The Bertz CT molecular complexity index is 659. The van der Waals surface area contributed by atoms with Gasteiger partial charge in [0.1, 0.15) is 6.04 Å². The topological polar surface area (TPSA) is 69.7 Å².